The van der Waals surface area contributed by atoms with E-state index < -0.39 is 10.0 Å². The fourth-order valence-electron chi connectivity index (χ4n) is 1.54. The van der Waals surface area contributed by atoms with Crippen molar-refractivity contribution in [2.45, 2.75) is 18.4 Å². The number of nitrogens with two attached hydrogens (primary N) is 1. The third-order valence-corrected chi connectivity index (χ3v) is 3.41. The summed E-state index contributed by atoms with van der Waals surface area (Å²) >= 11 is 0. The van der Waals surface area contributed by atoms with Crippen molar-refractivity contribution < 1.29 is 13.2 Å². The molecular formula is C10H12N6O3S. The van der Waals surface area contributed by atoms with E-state index in [1.807, 2.05) is 0 Å². The Bertz CT molecular complexity index is 725. The monoisotopic (exact) mass is 296 g/mol. The van der Waals surface area contributed by atoms with Gasteiger partial charge in [-0.05, 0) is 41.1 Å². The molecule has 0 aliphatic carbocycles. The SMILES string of the molecule is Cc1cc(S(N)(=O)=O)ccc1NC(=O)Cn1cnnn1. The van der Waals surface area contributed by atoms with Crippen molar-refractivity contribution in [3.63, 3.8) is 0 Å². The van der Waals surface area contributed by atoms with Gasteiger partial charge in [-0.2, -0.15) is 0 Å². The van der Waals surface area contributed by atoms with E-state index >= 15 is 0 Å². The van der Waals surface area contributed by atoms with Crippen molar-refractivity contribution >= 4 is 21.6 Å². The molecule has 10 heteroatoms. The Morgan fingerprint density at radius 1 is 1.45 bits per heavy atom. The molecule has 0 saturated heterocycles. The fraction of sp³-hybridized carbons (Fsp3) is 0.200. The number of carbonyl (C=O) groups excluding carboxylic acids is 1. The average molecular weight is 296 g/mol. The minimum absolute atomic E-state index is 0.00604. The molecule has 0 aliphatic heterocycles. The first-order valence-corrected chi connectivity index (χ1v) is 7.05. The molecule has 3 N–H and O–H groups in total. The molecule has 20 heavy (non-hydrogen) atoms. The predicted octanol–water partition coefficient (Wildman–Crippen LogP) is -0.732. The normalized spacial score (nSPS) is 11.3. The molecule has 0 spiro atoms. The molecule has 1 aromatic carbocycles. The topological polar surface area (TPSA) is 133 Å². The number of amides is 1. The molecule has 0 fully saturated rings. The first kappa shape index (κ1) is 14.1. The lowest BCUT2D eigenvalue weighted by atomic mass is 10.2. The molecule has 0 bridgehead atoms. The van der Waals surface area contributed by atoms with E-state index in [9.17, 15) is 13.2 Å². The summed E-state index contributed by atoms with van der Waals surface area (Å²) in [6.45, 7) is 1.63. The summed E-state index contributed by atoms with van der Waals surface area (Å²) in [6.07, 6.45) is 1.32. The average Bonchev–Trinajstić information content (AvgIpc) is 2.83. The largest absolute Gasteiger partial charge is 0.324 e. The summed E-state index contributed by atoms with van der Waals surface area (Å²) in [5.41, 5.74) is 1.08. The molecule has 0 unspecified atom stereocenters. The van der Waals surface area contributed by atoms with Crippen molar-refractivity contribution in [3.05, 3.63) is 30.1 Å². The molecule has 2 rings (SSSR count). The molecule has 0 aliphatic rings. The predicted molar refractivity (Wildman–Crippen MR) is 69.0 cm³/mol. The molecule has 1 amide bonds. The second kappa shape index (κ2) is 5.35. The number of rotatable bonds is 4. The van der Waals surface area contributed by atoms with Crippen molar-refractivity contribution in [1.29, 1.82) is 0 Å². The van der Waals surface area contributed by atoms with Crippen molar-refractivity contribution in [3.8, 4) is 0 Å². The zero-order valence-corrected chi connectivity index (χ0v) is 11.3. The van der Waals surface area contributed by atoms with Crippen LogP contribution < -0.4 is 10.5 Å². The lowest BCUT2D eigenvalue weighted by molar-refractivity contribution is -0.116. The molecule has 0 radical (unpaired) electrons. The van der Waals surface area contributed by atoms with Gasteiger partial charge in [0.05, 0.1) is 4.90 Å². The highest BCUT2D eigenvalue weighted by Gasteiger charge is 2.11. The number of aryl methyl sites for hydroxylation is 1. The second-order valence-corrected chi connectivity index (χ2v) is 5.64. The van der Waals surface area contributed by atoms with Crippen LogP contribution in [0.4, 0.5) is 5.69 Å². The lowest BCUT2D eigenvalue weighted by Crippen LogP contribution is -2.20. The van der Waals surface area contributed by atoms with Gasteiger partial charge in [-0.1, -0.05) is 0 Å². The molecule has 1 aromatic heterocycles. The van der Waals surface area contributed by atoms with Gasteiger partial charge >= 0.3 is 0 Å². The number of hydrogen-bond donors (Lipinski definition) is 2. The van der Waals surface area contributed by atoms with E-state index in [1.54, 1.807) is 6.92 Å². The van der Waals surface area contributed by atoms with Crippen LogP contribution in [0.5, 0.6) is 0 Å². The van der Waals surface area contributed by atoms with Crippen LogP contribution in [-0.4, -0.2) is 34.5 Å². The van der Waals surface area contributed by atoms with E-state index in [0.29, 0.717) is 11.3 Å². The zero-order chi connectivity index (χ0) is 14.8. The van der Waals surface area contributed by atoms with Gasteiger partial charge in [0.15, 0.2) is 0 Å². The molecular weight excluding hydrogens is 284 g/mol. The molecule has 1 heterocycles. The fourth-order valence-corrected chi connectivity index (χ4v) is 2.14. The van der Waals surface area contributed by atoms with Gasteiger partial charge in [0.25, 0.3) is 0 Å². The Morgan fingerprint density at radius 2 is 2.20 bits per heavy atom. The van der Waals surface area contributed by atoms with Crippen molar-refractivity contribution in [2.75, 3.05) is 5.32 Å². The molecule has 0 atom stereocenters. The maximum absolute atomic E-state index is 11.7. The van der Waals surface area contributed by atoms with Crippen LogP contribution in [0.3, 0.4) is 0 Å². The summed E-state index contributed by atoms with van der Waals surface area (Å²) in [4.78, 5) is 11.7. The van der Waals surface area contributed by atoms with Crippen LogP contribution in [0, 0.1) is 6.92 Å². The molecule has 9 nitrogen and oxygen atoms in total. The molecule has 106 valence electrons. The summed E-state index contributed by atoms with van der Waals surface area (Å²) in [5, 5.41) is 18.0. The highest BCUT2D eigenvalue weighted by atomic mass is 32.2. The third kappa shape index (κ3) is 3.36. The number of hydrogen-bond acceptors (Lipinski definition) is 6. The van der Waals surface area contributed by atoms with Gasteiger partial charge in [0.1, 0.15) is 12.9 Å². The second-order valence-electron chi connectivity index (χ2n) is 4.08. The Labute approximate surface area is 114 Å². The number of anilines is 1. The van der Waals surface area contributed by atoms with Crippen molar-refractivity contribution in [2.24, 2.45) is 5.14 Å². The van der Waals surface area contributed by atoms with E-state index in [-0.39, 0.29) is 17.3 Å². The molecule has 0 saturated carbocycles. The van der Waals surface area contributed by atoms with Crippen LogP contribution in [0.1, 0.15) is 5.56 Å². The van der Waals surface area contributed by atoms with E-state index in [0.717, 1.165) is 0 Å². The Hall–Kier alpha value is -2.33. The first-order chi connectivity index (χ1) is 9.36. The highest BCUT2D eigenvalue weighted by molar-refractivity contribution is 7.89. The number of benzene rings is 1. The number of tetrazole rings is 1. The Balaban J connectivity index is 2.12. The number of sulfonamides is 1. The quantitative estimate of drug-likeness (QED) is 0.764. The van der Waals surface area contributed by atoms with Gasteiger partial charge in [-0.3, -0.25) is 4.79 Å². The van der Waals surface area contributed by atoms with E-state index in [2.05, 4.69) is 20.8 Å². The van der Waals surface area contributed by atoms with Crippen LogP contribution in [0.15, 0.2) is 29.4 Å². The van der Waals surface area contributed by atoms with Crippen LogP contribution >= 0.6 is 0 Å². The maximum Gasteiger partial charge on any atom is 0.246 e. The summed E-state index contributed by atoms with van der Waals surface area (Å²) in [6, 6.07) is 4.20. The van der Waals surface area contributed by atoms with E-state index in [4.69, 9.17) is 5.14 Å². The van der Waals surface area contributed by atoms with Crippen molar-refractivity contribution in [1.82, 2.24) is 20.2 Å². The third-order valence-electron chi connectivity index (χ3n) is 2.50. The number of nitrogens with zero attached hydrogens (tertiary/aromatic N) is 4. The summed E-state index contributed by atoms with van der Waals surface area (Å²) < 4.78 is 23.7. The van der Waals surface area contributed by atoms with Crippen LogP contribution in [0.25, 0.3) is 0 Å². The van der Waals surface area contributed by atoms with Gasteiger partial charge in [-0.25, -0.2) is 18.2 Å². The number of nitrogens with one attached hydrogen (secondary N) is 1. The summed E-state index contributed by atoms with van der Waals surface area (Å²) in [7, 11) is -3.75. The number of aromatic nitrogens is 4. The smallest absolute Gasteiger partial charge is 0.246 e. The minimum atomic E-state index is -3.75. The van der Waals surface area contributed by atoms with E-state index in [1.165, 1.54) is 29.2 Å². The Kier molecular flexibility index (Phi) is 3.77. The van der Waals surface area contributed by atoms with Gasteiger partial charge < -0.3 is 5.32 Å². The van der Waals surface area contributed by atoms with Crippen LogP contribution in [-0.2, 0) is 21.4 Å². The first-order valence-electron chi connectivity index (χ1n) is 5.50. The van der Waals surface area contributed by atoms with Gasteiger partial charge in [0.2, 0.25) is 15.9 Å². The van der Waals surface area contributed by atoms with Gasteiger partial charge in [-0.15, -0.1) is 5.10 Å². The highest BCUT2D eigenvalue weighted by Crippen LogP contribution is 2.18. The zero-order valence-electron chi connectivity index (χ0n) is 10.5. The molecule has 2 aromatic rings. The minimum Gasteiger partial charge on any atom is -0.324 e. The van der Waals surface area contributed by atoms with Crippen LogP contribution in [0.2, 0.25) is 0 Å². The lowest BCUT2D eigenvalue weighted by Gasteiger charge is -2.09. The standard InChI is InChI=1S/C10H12N6O3S/c1-7-4-8(20(11,18)19)2-3-9(7)13-10(17)5-16-6-12-14-15-16/h2-4,6H,5H2,1H3,(H,13,17)(H2,11,18,19). The summed E-state index contributed by atoms with van der Waals surface area (Å²) in [5.74, 6) is -0.330. The Morgan fingerprint density at radius 3 is 2.75 bits per heavy atom. The number of primary sulfonamides is 1. The maximum atomic E-state index is 11.7. The number of carbonyl (C=O) groups is 1. The van der Waals surface area contributed by atoms with Gasteiger partial charge in [0, 0.05) is 5.69 Å².